The largest absolute Gasteiger partial charge is 0.466 e. The number of carbonyl (C=O) groups is 2. The maximum atomic E-state index is 12.3. The van der Waals surface area contributed by atoms with Gasteiger partial charge in [-0.1, -0.05) is 22.0 Å². The summed E-state index contributed by atoms with van der Waals surface area (Å²) >= 11 is 4.61. The van der Waals surface area contributed by atoms with Crippen molar-refractivity contribution in [2.75, 3.05) is 11.9 Å². The second-order valence-electron chi connectivity index (χ2n) is 5.52. The lowest BCUT2D eigenvalue weighted by Crippen LogP contribution is -2.12. The number of thiazole rings is 1. The van der Waals surface area contributed by atoms with Crippen molar-refractivity contribution < 1.29 is 19.1 Å². The molecule has 0 saturated heterocycles. The summed E-state index contributed by atoms with van der Waals surface area (Å²) < 4.78 is 11.4. The van der Waals surface area contributed by atoms with Gasteiger partial charge < -0.3 is 9.47 Å². The van der Waals surface area contributed by atoms with E-state index in [1.54, 1.807) is 24.4 Å². The summed E-state index contributed by atoms with van der Waals surface area (Å²) in [6.07, 6.45) is 1.50. The molecule has 0 aliphatic heterocycles. The van der Waals surface area contributed by atoms with Crippen LogP contribution in [0.25, 0.3) is 0 Å². The molecule has 9 heteroatoms. The van der Waals surface area contributed by atoms with Gasteiger partial charge in [-0.05, 0) is 31.2 Å². The van der Waals surface area contributed by atoms with Crippen molar-refractivity contribution in [3.8, 4) is 11.6 Å². The van der Waals surface area contributed by atoms with Crippen LogP contribution < -0.4 is 10.1 Å². The van der Waals surface area contributed by atoms with Gasteiger partial charge >= 0.3 is 5.97 Å². The number of rotatable bonds is 7. The highest BCUT2D eigenvalue weighted by Crippen LogP contribution is 2.23. The zero-order chi connectivity index (χ0) is 19.9. The summed E-state index contributed by atoms with van der Waals surface area (Å²) in [5.41, 5.74) is 0.915. The maximum Gasteiger partial charge on any atom is 0.311 e. The molecule has 144 valence electrons. The third-order valence-corrected chi connectivity index (χ3v) is 4.72. The van der Waals surface area contributed by atoms with Crippen LogP contribution >= 0.6 is 27.3 Å². The van der Waals surface area contributed by atoms with Gasteiger partial charge in [-0.3, -0.25) is 14.9 Å². The molecular formula is C19H16BrN3O4S. The van der Waals surface area contributed by atoms with E-state index in [0.29, 0.717) is 34.6 Å². The summed E-state index contributed by atoms with van der Waals surface area (Å²) in [4.78, 5) is 32.2. The van der Waals surface area contributed by atoms with E-state index in [-0.39, 0.29) is 18.3 Å². The van der Waals surface area contributed by atoms with Crippen LogP contribution in [-0.2, 0) is 16.0 Å². The van der Waals surface area contributed by atoms with Crippen molar-refractivity contribution in [1.29, 1.82) is 0 Å². The molecular weight excluding hydrogens is 446 g/mol. The number of ether oxygens (including phenoxy) is 2. The fourth-order valence-corrected chi connectivity index (χ4v) is 3.28. The molecule has 0 aliphatic rings. The number of carbonyl (C=O) groups excluding carboxylic acids is 2. The lowest BCUT2D eigenvalue weighted by atomic mass is 10.2. The Morgan fingerprint density at radius 3 is 2.82 bits per heavy atom. The van der Waals surface area contributed by atoms with Gasteiger partial charge in [0.1, 0.15) is 5.75 Å². The molecule has 1 N–H and O–H groups in total. The second-order valence-corrected chi connectivity index (χ2v) is 7.30. The number of amides is 1. The van der Waals surface area contributed by atoms with E-state index in [9.17, 15) is 9.59 Å². The molecule has 7 nitrogen and oxygen atoms in total. The van der Waals surface area contributed by atoms with E-state index in [4.69, 9.17) is 9.47 Å². The van der Waals surface area contributed by atoms with Gasteiger partial charge in [-0.15, -0.1) is 11.3 Å². The number of aromatic nitrogens is 2. The number of anilines is 1. The van der Waals surface area contributed by atoms with Crippen LogP contribution in [0.4, 0.5) is 5.13 Å². The highest BCUT2D eigenvalue weighted by molar-refractivity contribution is 9.10. The van der Waals surface area contributed by atoms with Gasteiger partial charge in [-0.2, -0.15) is 0 Å². The monoisotopic (exact) mass is 461 g/mol. The molecule has 1 aromatic carbocycles. The van der Waals surface area contributed by atoms with Crippen LogP contribution in [0.1, 0.15) is 23.0 Å². The topological polar surface area (TPSA) is 90.4 Å². The summed E-state index contributed by atoms with van der Waals surface area (Å²) in [6, 6.07) is 10.6. The average molecular weight is 462 g/mol. The minimum Gasteiger partial charge on any atom is -0.466 e. The average Bonchev–Trinajstić information content (AvgIpc) is 3.09. The first kappa shape index (κ1) is 20.0. The number of benzene rings is 1. The molecule has 0 fully saturated rings. The molecule has 0 saturated carbocycles. The van der Waals surface area contributed by atoms with E-state index in [0.717, 1.165) is 4.47 Å². The Labute approximate surface area is 173 Å². The number of halogens is 1. The normalized spacial score (nSPS) is 10.4. The molecule has 0 unspecified atom stereocenters. The van der Waals surface area contributed by atoms with E-state index in [1.165, 1.54) is 17.5 Å². The quantitative estimate of drug-likeness (QED) is 0.522. The SMILES string of the molecule is CCOC(=O)Cc1csc(NC(=O)c2ccc(Oc3cccc(Br)c3)nc2)n1. The highest BCUT2D eigenvalue weighted by Gasteiger charge is 2.12. The minimum absolute atomic E-state index is 0.0728. The van der Waals surface area contributed by atoms with Gasteiger partial charge in [0.25, 0.3) is 5.91 Å². The Hall–Kier alpha value is -2.78. The highest BCUT2D eigenvalue weighted by atomic mass is 79.9. The van der Waals surface area contributed by atoms with Crippen molar-refractivity contribution in [2.24, 2.45) is 0 Å². The first-order valence-electron chi connectivity index (χ1n) is 8.34. The zero-order valence-electron chi connectivity index (χ0n) is 14.8. The zero-order valence-corrected chi connectivity index (χ0v) is 17.2. The number of pyridine rings is 1. The van der Waals surface area contributed by atoms with Crippen LogP contribution in [0.5, 0.6) is 11.6 Å². The van der Waals surface area contributed by atoms with Crippen LogP contribution in [0.15, 0.2) is 52.4 Å². The summed E-state index contributed by atoms with van der Waals surface area (Å²) in [5, 5.41) is 4.80. The fraction of sp³-hybridized carbons (Fsp3) is 0.158. The number of esters is 1. The molecule has 0 bridgehead atoms. The number of nitrogens with zero attached hydrogens (tertiary/aromatic N) is 2. The fourth-order valence-electron chi connectivity index (χ4n) is 2.20. The molecule has 0 radical (unpaired) electrons. The molecule has 0 spiro atoms. The van der Waals surface area contributed by atoms with Crippen molar-refractivity contribution in [3.05, 3.63) is 63.7 Å². The Balaban J connectivity index is 1.59. The molecule has 1 amide bonds. The van der Waals surface area contributed by atoms with Crippen molar-refractivity contribution >= 4 is 44.3 Å². The number of hydrogen-bond acceptors (Lipinski definition) is 7. The van der Waals surface area contributed by atoms with Crippen LogP contribution in [0.2, 0.25) is 0 Å². The summed E-state index contributed by atoms with van der Waals surface area (Å²) in [5.74, 6) is 0.311. The van der Waals surface area contributed by atoms with E-state index in [1.807, 2.05) is 24.3 Å². The Kier molecular flexibility index (Phi) is 6.72. The van der Waals surface area contributed by atoms with Gasteiger partial charge in [0.05, 0.1) is 24.3 Å². The molecule has 3 rings (SSSR count). The molecule has 0 atom stereocenters. The summed E-state index contributed by atoms with van der Waals surface area (Å²) in [6.45, 7) is 2.06. The lowest BCUT2D eigenvalue weighted by Gasteiger charge is -2.06. The first-order valence-corrected chi connectivity index (χ1v) is 10.0. The standard InChI is InChI=1S/C19H16BrN3O4S/c1-2-26-17(24)9-14-11-28-19(22-14)23-18(25)12-6-7-16(21-10-12)27-15-5-3-4-13(20)8-15/h3-8,10-11H,2,9H2,1H3,(H,22,23,25). The Morgan fingerprint density at radius 1 is 1.25 bits per heavy atom. The predicted octanol–water partition coefficient (Wildman–Crippen LogP) is 4.45. The van der Waals surface area contributed by atoms with Gasteiger partial charge in [-0.25, -0.2) is 9.97 Å². The molecule has 0 aliphatic carbocycles. The molecule has 2 aromatic heterocycles. The van der Waals surface area contributed by atoms with Crippen LogP contribution in [0.3, 0.4) is 0 Å². The maximum absolute atomic E-state index is 12.3. The third-order valence-electron chi connectivity index (χ3n) is 3.42. The van der Waals surface area contributed by atoms with Gasteiger partial charge in [0.15, 0.2) is 5.13 Å². The lowest BCUT2D eigenvalue weighted by molar-refractivity contribution is -0.142. The van der Waals surface area contributed by atoms with Crippen LogP contribution in [0, 0.1) is 0 Å². The van der Waals surface area contributed by atoms with Crippen molar-refractivity contribution in [2.45, 2.75) is 13.3 Å². The van der Waals surface area contributed by atoms with Crippen molar-refractivity contribution in [1.82, 2.24) is 9.97 Å². The van der Waals surface area contributed by atoms with E-state index < -0.39 is 0 Å². The predicted molar refractivity (Wildman–Crippen MR) is 109 cm³/mol. The Morgan fingerprint density at radius 2 is 2.11 bits per heavy atom. The number of nitrogens with one attached hydrogen (secondary N) is 1. The third kappa shape index (κ3) is 5.61. The minimum atomic E-state index is -0.351. The smallest absolute Gasteiger partial charge is 0.311 e. The van der Waals surface area contributed by atoms with Gasteiger partial charge in [0, 0.05) is 22.1 Å². The Bertz CT molecular complexity index is 975. The number of hydrogen-bond donors (Lipinski definition) is 1. The van der Waals surface area contributed by atoms with Crippen molar-refractivity contribution in [3.63, 3.8) is 0 Å². The van der Waals surface area contributed by atoms with Gasteiger partial charge in [0.2, 0.25) is 5.88 Å². The first-order chi connectivity index (χ1) is 13.5. The molecule has 2 heterocycles. The van der Waals surface area contributed by atoms with Crippen LogP contribution in [-0.4, -0.2) is 28.5 Å². The van der Waals surface area contributed by atoms with E-state index >= 15 is 0 Å². The van der Waals surface area contributed by atoms with E-state index in [2.05, 4.69) is 31.2 Å². The second kappa shape index (κ2) is 9.43. The summed E-state index contributed by atoms with van der Waals surface area (Å²) in [7, 11) is 0. The molecule has 3 aromatic rings. The molecule has 28 heavy (non-hydrogen) atoms.